The summed E-state index contributed by atoms with van der Waals surface area (Å²) in [6, 6.07) is 4.22. The first-order valence-corrected chi connectivity index (χ1v) is 4.47. The fourth-order valence-electron chi connectivity index (χ4n) is 0.986. The molecule has 0 aliphatic carbocycles. The summed E-state index contributed by atoms with van der Waals surface area (Å²) in [7, 11) is 0. The van der Waals surface area contributed by atoms with Crippen molar-refractivity contribution in [1.29, 1.82) is 0 Å². The van der Waals surface area contributed by atoms with Gasteiger partial charge in [0.25, 0.3) is 0 Å². The molecule has 1 aromatic heterocycles. The second-order valence-corrected chi connectivity index (χ2v) is 3.22. The van der Waals surface area contributed by atoms with Gasteiger partial charge in [0.2, 0.25) is 0 Å². The van der Waals surface area contributed by atoms with Crippen LogP contribution in [0.15, 0.2) is 48.8 Å². The van der Waals surface area contributed by atoms with Gasteiger partial charge in [-0.05, 0) is 31.1 Å². The smallest absolute Gasteiger partial charge is 0.169 e. The van der Waals surface area contributed by atoms with Gasteiger partial charge in [0.15, 0.2) is 18.9 Å². The number of pyridine rings is 1. The molecule has 1 aromatic rings. The van der Waals surface area contributed by atoms with E-state index in [9.17, 15) is 0 Å². The van der Waals surface area contributed by atoms with Crippen LogP contribution in [0.2, 0.25) is 0 Å². The van der Waals surface area contributed by atoms with Crippen molar-refractivity contribution in [3.63, 3.8) is 0 Å². The Bertz CT molecular complexity index is 306. The number of allylic oxidation sites excluding steroid dienone is 3. The van der Waals surface area contributed by atoms with Crippen molar-refractivity contribution in [2.45, 2.75) is 20.4 Å². The first kappa shape index (κ1) is 9.72. The van der Waals surface area contributed by atoms with Crippen LogP contribution in [0.1, 0.15) is 12.5 Å². The Morgan fingerprint density at radius 3 is 2.62 bits per heavy atom. The minimum absolute atomic E-state index is 0.915. The monoisotopic (exact) mass is 174 g/mol. The predicted octanol–water partition coefficient (Wildman–Crippen LogP) is 2.41. The Labute approximate surface area is 80.0 Å². The molecule has 0 aliphatic rings. The van der Waals surface area contributed by atoms with E-state index >= 15 is 0 Å². The van der Waals surface area contributed by atoms with Crippen molar-refractivity contribution >= 4 is 0 Å². The summed E-state index contributed by atoms with van der Waals surface area (Å²) < 4.78 is 2.14. The third-order valence-corrected chi connectivity index (χ3v) is 2.00. The summed E-state index contributed by atoms with van der Waals surface area (Å²) in [6.45, 7) is 8.77. The van der Waals surface area contributed by atoms with Gasteiger partial charge in [-0.3, -0.25) is 0 Å². The number of aryl methyl sites for hydroxylation is 1. The molecule has 0 saturated carbocycles. The fourth-order valence-corrected chi connectivity index (χ4v) is 0.986. The Morgan fingerprint density at radius 2 is 2.08 bits per heavy atom. The van der Waals surface area contributed by atoms with Crippen LogP contribution in [0.3, 0.4) is 0 Å². The van der Waals surface area contributed by atoms with Crippen LogP contribution in [0.25, 0.3) is 0 Å². The number of hydrogen-bond donors (Lipinski definition) is 0. The molecule has 0 amide bonds. The molecule has 1 heteroatoms. The van der Waals surface area contributed by atoms with Gasteiger partial charge in [0, 0.05) is 12.1 Å². The first-order valence-electron chi connectivity index (χ1n) is 4.47. The maximum Gasteiger partial charge on any atom is 0.169 e. The molecule has 0 atom stereocenters. The largest absolute Gasteiger partial charge is 0.201 e. The molecule has 13 heavy (non-hydrogen) atoms. The molecular weight excluding hydrogens is 158 g/mol. The Kier molecular flexibility index (Phi) is 3.44. The average molecular weight is 174 g/mol. The van der Waals surface area contributed by atoms with Gasteiger partial charge in [-0.1, -0.05) is 12.7 Å². The quantitative estimate of drug-likeness (QED) is 0.489. The topological polar surface area (TPSA) is 3.88 Å². The van der Waals surface area contributed by atoms with Crippen molar-refractivity contribution in [3.8, 4) is 0 Å². The lowest BCUT2D eigenvalue weighted by molar-refractivity contribution is -0.687. The third-order valence-electron chi connectivity index (χ3n) is 2.00. The Hall–Kier alpha value is -1.37. The van der Waals surface area contributed by atoms with Gasteiger partial charge < -0.3 is 0 Å². The SMILES string of the molecule is C=C/C(C)=C\C[n+]1ccc(C)cc1. The van der Waals surface area contributed by atoms with Crippen molar-refractivity contribution in [2.75, 3.05) is 0 Å². The molecule has 0 aliphatic heterocycles. The highest BCUT2D eigenvalue weighted by Gasteiger charge is 1.94. The lowest BCUT2D eigenvalue weighted by Crippen LogP contribution is -2.31. The van der Waals surface area contributed by atoms with E-state index in [1.54, 1.807) is 0 Å². The standard InChI is InChI=1S/C12H16N/c1-4-11(2)5-8-13-9-6-12(3)7-10-13/h4-7,9-10H,1,8H2,2-3H3/q+1/b11-5-. The summed E-state index contributed by atoms with van der Waals surface area (Å²) in [6.07, 6.45) is 8.20. The van der Waals surface area contributed by atoms with Crippen molar-refractivity contribution in [2.24, 2.45) is 0 Å². The molecule has 0 saturated heterocycles. The van der Waals surface area contributed by atoms with Gasteiger partial charge in [-0.25, -0.2) is 4.57 Å². The highest BCUT2D eigenvalue weighted by atomic mass is 14.9. The molecular formula is C12H16N+. The van der Waals surface area contributed by atoms with Gasteiger partial charge in [-0.2, -0.15) is 0 Å². The number of rotatable bonds is 3. The molecule has 0 fully saturated rings. The van der Waals surface area contributed by atoms with Crippen LogP contribution >= 0.6 is 0 Å². The number of hydrogen-bond acceptors (Lipinski definition) is 0. The zero-order valence-corrected chi connectivity index (χ0v) is 8.33. The lowest BCUT2D eigenvalue weighted by Gasteiger charge is -1.93. The number of nitrogens with zero attached hydrogens (tertiary/aromatic N) is 1. The molecule has 1 rings (SSSR count). The highest BCUT2D eigenvalue weighted by molar-refractivity contribution is 5.11. The third kappa shape index (κ3) is 3.24. The highest BCUT2D eigenvalue weighted by Crippen LogP contribution is 1.93. The Balaban J connectivity index is 2.65. The zero-order valence-electron chi connectivity index (χ0n) is 8.33. The van der Waals surface area contributed by atoms with Gasteiger partial charge in [-0.15, -0.1) is 0 Å². The molecule has 0 radical (unpaired) electrons. The molecule has 0 bridgehead atoms. The predicted molar refractivity (Wildman–Crippen MR) is 55.3 cm³/mol. The van der Waals surface area contributed by atoms with Gasteiger partial charge >= 0.3 is 0 Å². The van der Waals surface area contributed by atoms with Crippen molar-refractivity contribution < 1.29 is 4.57 Å². The zero-order chi connectivity index (χ0) is 9.68. The van der Waals surface area contributed by atoms with E-state index in [1.807, 2.05) is 6.08 Å². The van der Waals surface area contributed by atoms with E-state index in [2.05, 4.69) is 55.6 Å². The Morgan fingerprint density at radius 1 is 1.46 bits per heavy atom. The first-order chi connectivity index (χ1) is 6.22. The van der Waals surface area contributed by atoms with E-state index in [0.717, 1.165) is 6.54 Å². The van der Waals surface area contributed by atoms with Gasteiger partial charge in [0.05, 0.1) is 0 Å². The van der Waals surface area contributed by atoms with Crippen LogP contribution < -0.4 is 4.57 Å². The average Bonchev–Trinajstić information content (AvgIpc) is 2.16. The van der Waals surface area contributed by atoms with E-state index < -0.39 is 0 Å². The number of aromatic nitrogens is 1. The molecule has 1 nitrogen and oxygen atoms in total. The minimum Gasteiger partial charge on any atom is -0.201 e. The molecule has 0 spiro atoms. The molecule has 0 unspecified atom stereocenters. The summed E-state index contributed by atoms with van der Waals surface area (Å²) in [4.78, 5) is 0. The minimum atomic E-state index is 0.915. The summed E-state index contributed by atoms with van der Waals surface area (Å²) in [5.41, 5.74) is 2.51. The van der Waals surface area contributed by atoms with Crippen LogP contribution in [-0.4, -0.2) is 0 Å². The summed E-state index contributed by atoms with van der Waals surface area (Å²) >= 11 is 0. The maximum atomic E-state index is 3.71. The van der Waals surface area contributed by atoms with Crippen LogP contribution in [-0.2, 0) is 6.54 Å². The molecule has 0 N–H and O–H groups in total. The van der Waals surface area contributed by atoms with Crippen molar-refractivity contribution in [1.82, 2.24) is 0 Å². The fraction of sp³-hybridized carbons (Fsp3) is 0.250. The van der Waals surface area contributed by atoms with E-state index in [-0.39, 0.29) is 0 Å². The van der Waals surface area contributed by atoms with Gasteiger partial charge in [0.1, 0.15) is 0 Å². The van der Waals surface area contributed by atoms with E-state index in [0.29, 0.717) is 0 Å². The second-order valence-electron chi connectivity index (χ2n) is 3.22. The van der Waals surface area contributed by atoms with E-state index in [4.69, 9.17) is 0 Å². The summed E-state index contributed by atoms with van der Waals surface area (Å²) in [5.74, 6) is 0. The molecule has 1 heterocycles. The van der Waals surface area contributed by atoms with Crippen LogP contribution in [0.4, 0.5) is 0 Å². The molecule has 68 valence electrons. The van der Waals surface area contributed by atoms with Crippen LogP contribution in [0.5, 0.6) is 0 Å². The lowest BCUT2D eigenvalue weighted by atomic mass is 10.2. The maximum absolute atomic E-state index is 3.71. The van der Waals surface area contributed by atoms with E-state index in [1.165, 1.54) is 11.1 Å². The molecule has 0 aromatic carbocycles. The normalized spacial score (nSPS) is 11.4. The van der Waals surface area contributed by atoms with Crippen molar-refractivity contribution in [3.05, 3.63) is 54.4 Å². The van der Waals surface area contributed by atoms with Crippen LogP contribution in [0, 0.1) is 6.92 Å². The summed E-state index contributed by atoms with van der Waals surface area (Å²) in [5, 5.41) is 0. The second kappa shape index (κ2) is 4.61.